The quantitative estimate of drug-likeness (QED) is 0.717. The fourth-order valence-corrected chi connectivity index (χ4v) is 2.86. The van der Waals surface area contributed by atoms with Crippen LogP contribution in [0.2, 0.25) is 0 Å². The lowest BCUT2D eigenvalue weighted by molar-refractivity contribution is 0.229. The molecule has 0 saturated heterocycles. The molecule has 0 amide bonds. The van der Waals surface area contributed by atoms with Gasteiger partial charge in [-0.2, -0.15) is 0 Å². The molecule has 4 nitrogen and oxygen atoms in total. The zero-order valence-corrected chi connectivity index (χ0v) is 14.9. The van der Waals surface area contributed by atoms with E-state index in [4.69, 9.17) is 10.5 Å². The summed E-state index contributed by atoms with van der Waals surface area (Å²) in [7, 11) is 2.13. The van der Waals surface area contributed by atoms with E-state index in [-0.39, 0.29) is 6.10 Å². The zero-order chi connectivity index (χ0) is 17.6. The number of nitrogens with zero attached hydrogens (tertiary/aromatic N) is 2. The molecule has 1 aromatic heterocycles. The minimum Gasteiger partial charge on any atom is -0.489 e. The molecule has 1 atom stereocenters. The Hall–Kier alpha value is -2.43. The lowest BCUT2D eigenvalue weighted by Gasteiger charge is -2.18. The Bertz CT molecular complexity index is 817. The van der Waals surface area contributed by atoms with Crippen molar-refractivity contribution in [3.05, 3.63) is 71.9 Å². The summed E-state index contributed by atoms with van der Waals surface area (Å²) in [6.45, 7) is 4.28. The van der Waals surface area contributed by atoms with Crippen molar-refractivity contribution < 1.29 is 4.74 Å². The lowest BCUT2D eigenvalue weighted by Crippen LogP contribution is -2.22. The summed E-state index contributed by atoms with van der Waals surface area (Å²) >= 11 is 0. The highest BCUT2D eigenvalue weighted by molar-refractivity contribution is 5.78. The van der Waals surface area contributed by atoms with Crippen LogP contribution in [0, 0.1) is 0 Å². The van der Waals surface area contributed by atoms with Crippen molar-refractivity contribution in [2.45, 2.75) is 26.1 Å². The van der Waals surface area contributed by atoms with E-state index in [9.17, 15) is 0 Å². The lowest BCUT2D eigenvalue weighted by atomic mass is 10.1. The van der Waals surface area contributed by atoms with E-state index in [1.54, 1.807) is 0 Å². The summed E-state index contributed by atoms with van der Waals surface area (Å²) in [6, 6.07) is 18.8. The van der Waals surface area contributed by atoms with Crippen molar-refractivity contribution in [1.29, 1.82) is 0 Å². The van der Waals surface area contributed by atoms with Crippen LogP contribution >= 0.6 is 0 Å². The summed E-state index contributed by atoms with van der Waals surface area (Å²) in [5.41, 5.74) is 9.18. The third-order valence-corrected chi connectivity index (χ3v) is 4.16. The van der Waals surface area contributed by atoms with Gasteiger partial charge in [0.15, 0.2) is 0 Å². The van der Waals surface area contributed by atoms with Gasteiger partial charge >= 0.3 is 0 Å². The van der Waals surface area contributed by atoms with Gasteiger partial charge in [-0.3, -0.25) is 9.88 Å². The number of hydrogen-bond acceptors (Lipinski definition) is 4. The highest BCUT2D eigenvalue weighted by atomic mass is 16.5. The summed E-state index contributed by atoms with van der Waals surface area (Å²) < 4.78 is 5.72. The van der Waals surface area contributed by atoms with Gasteiger partial charge in [0.25, 0.3) is 0 Å². The van der Waals surface area contributed by atoms with Crippen molar-refractivity contribution in [1.82, 2.24) is 9.88 Å². The Morgan fingerprint density at radius 3 is 2.52 bits per heavy atom. The monoisotopic (exact) mass is 335 g/mol. The highest BCUT2D eigenvalue weighted by Crippen LogP contribution is 2.17. The van der Waals surface area contributed by atoms with E-state index in [1.807, 2.05) is 31.3 Å². The standard InChI is InChI=1S/C21H25N3O/c1-16(13-22)25-20-8-5-17(6-9-20)14-24(2)15-18-7-10-21-19(12-18)4-3-11-23-21/h3-12,16H,13-15,22H2,1-2H3. The minimum absolute atomic E-state index is 0.0379. The van der Waals surface area contributed by atoms with Crippen LogP contribution in [0.1, 0.15) is 18.1 Å². The number of fused-ring (bicyclic) bond motifs is 1. The maximum atomic E-state index is 5.72. The van der Waals surface area contributed by atoms with Crippen molar-refractivity contribution >= 4 is 10.9 Å². The van der Waals surface area contributed by atoms with Gasteiger partial charge in [-0.15, -0.1) is 0 Å². The Balaban J connectivity index is 1.60. The molecular formula is C21H25N3O. The number of ether oxygens (including phenoxy) is 1. The van der Waals surface area contributed by atoms with Gasteiger partial charge in [-0.05, 0) is 55.4 Å². The van der Waals surface area contributed by atoms with Gasteiger partial charge in [0.2, 0.25) is 0 Å². The smallest absolute Gasteiger partial charge is 0.119 e. The first kappa shape index (κ1) is 17.4. The van der Waals surface area contributed by atoms with Gasteiger partial charge in [-0.25, -0.2) is 0 Å². The van der Waals surface area contributed by atoms with Gasteiger partial charge < -0.3 is 10.5 Å². The van der Waals surface area contributed by atoms with E-state index in [0.717, 1.165) is 24.4 Å². The molecule has 2 N–H and O–H groups in total. The van der Waals surface area contributed by atoms with Crippen LogP contribution in [0.4, 0.5) is 0 Å². The molecule has 0 radical (unpaired) electrons. The SMILES string of the molecule is CC(CN)Oc1ccc(CN(C)Cc2ccc3ncccc3c2)cc1. The maximum absolute atomic E-state index is 5.72. The fraction of sp³-hybridized carbons (Fsp3) is 0.286. The van der Waals surface area contributed by atoms with Gasteiger partial charge in [0.05, 0.1) is 5.52 Å². The van der Waals surface area contributed by atoms with Crippen molar-refractivity contribution in [2.75, 3.05) is 13.6 Å². The molecule has 3 aromatic rings. The van der Waals surface area contributed by atoms with Crippen LogP contribution in [-0.4, -0.2) is 29.6 Å². The molecule has 3 rings (SSSR count). The third-order valence-electron chi connectivity index (χ3n) is 4.16. The second-order valence-electron chi connectivity index (χ2n) is 6.51. The fourth-order valence-electron chi connectivity index (χ4n) is 2.86. The predicted octanol–water partition coefficient (Wildman–Crippen LogP) is 3.59. The van der Waals surface area contributed by atoms with E-state index in [1.165, 1.54) is 16.5 Å². The average Bonchev–Trinajstić information content (AvgIpc) is 2.63. The van der Waals surface area contributed by atoms with Gasteiger partial charge in [0.1, 0.15) is 11.9 Å². The van der Waals surface area contributed by atoms with Crippen LogP contribution in [0.5, 0.6) is 5.75 Å². The number of pyridine rings is 1. The largest absolute Gasteiger partial charge is 0.489 e. The number of nitrogens with two attached hydrogens (primary N) is 1. The van der Waals surface area contributed by atoms with Gasteiger partial charge in [-0.1, -0.05) is 24.3 Å². The number of rotatable bonds is 7. The van der Waals surface area contributed by atoms with Gasteiger partial charge in [0, 0.05) is 31.2 Å². The first-order valence-electron chi connectivity index (χ1n) is 8.62. The molecule has 0 spiro atoms. The normalized spacial score (nSPS) is 12.5. The highest BCUT2D eigenvalue weighted by Gasteiger charge is 2.05. The predicted molar refractivity (Wildman–Crippen MR) is 103 cm³/mol. The van der Waals surface area contributed by atoms with Crippen LogP contribution in [0.25, 0.3) is 10.9 Å². The molecular weight excluding hydrogens is 310 g/mol. The van der Waals surface area contributed by atoms with Crippen molar-refractivity contribution in [2.24, 2.45) is 5.73 Å². The average molecular weight is 335 g/mol. The molecule has 0 bridgehead atoms. The second-order valence-corrected chi connectivity index (χ2v) is 6.51. The Morgan fingerprint density at radius 1 is 1.04 bits per heavy atom. The van der Waals surface area contributed by atoms with E-state index >= 15 is 0 Å². The first-order chi connectivity index (χ1) is 12.1. The minimum atomic E-state index is 0.0379. The molecule has 0 aliphatic carbocycles. The molecule has 0 aliphatic heterocycles. The number of hydrogen-bond donors (Lipinski definition) is 1. The molecule has 0 aliphatic rings. The molecule has 130 valence electrons. The van der Waals surface area contributed by atoms with Crippen LogP contribution in [0.15, 0.2) is 60.8 Å². The molecule has 1 heterocycles. The summed E-state index contributed by atoms with van der Waals surface area (Å²) in [5.74, 6) is 0.867. The van der Waals surface area contributed by atoms with Crippen molar-refractivity contribution in [3.63, 3.8) is 0 Å². The zero-order valence-electron chi connectivity index (χ0n) is 14.9. The topological polar surface area (TPSA) is 51.4 Å². The molecule has 4 heteroatoms. The Kier molecular flexibility index (Phi) is 5.64. The second kappa shape index (κ2) is 8.10. The maximum Gasteiger partial charge on any atom is 0.119 e. The van der Waals surface area contributed by atoms with E-state index in [2.05, 4.69) is 53.3 Å². The third kappa shape index (κ3) is 4.78. The van der Waals surface area contributed by atoms with Crippen LogP contribution < -0.4 is 10.5 Å². The molecule has 25 heavy (non-hydrogen) atoms. The Labute approximate surface area is 149 Å². The number of aromatic nitrogens is 1. The van der Waals surface area contributed by atoms with Crippen molar-refractivity contribution in [3.8, 4) is 5.75 Å². The van der Waals surface area contributed by atoms with Crippen LogP contribution in [-0.2, 0) is 13.1 Å². The Morgan fingerprint density at radius 2 is 1.76 bits per heavy atom. The summed E-state index contributed by atoms with van der Waals surface area (Å²) in [5, 5.41) is 1.18. The molecule has 1 unspecified atom stereocenters. The summed E-state index contributed by atoms with van der Waals surface area (Å²) in [6.07, 6.45) is 1.87. The molecule has 0 fully saturated rings. The number of benzene rings is 2. The van der Waals surface area contributed by atoms with Crippen LogP contribution in [0.3, 0.4) is 0 Å². The molecule has 2 aromatic carbocycles. The summed E-state index contributed by atoms with van der Waals surface area (Å²) in [4.78, 5) is 6.67. The first-order valence-corrected chi connectivity index (χ1v) is 8.62. The van der Waals surface area contributed by atoms with E-state index < -0.39 is 0 Å². The molecule has 0 saturated carbocycles. The van der Waals surface area contributed by atoms with E-state index in [0.29, 0.717) is 6.54 Å².